The first-order valence-electron chi connectivity index (χ1n) is 4.16. The van der Waals surface area contributed by atoms with Gasteiger partial charge in [0.2, 0.25) is 0 Å². The molecule has 0 aromatic carbocycles. The molecule has 0 aliphatic rings. The standard InChI is InChI=1S/C9H8N2O4/c1-11-3-2-6-7(8(11)12)5(4-15-6)10-9(13)14/h2-4,10H,1H3,(H,13,14). The summed E-state index contributed by atoms with van der Waals surface area (Å²) in [7, 11) is 1.58. The van der Waals surface area contributed by atoms with Crippen LogP contribution < -0.4 is 10.9 Å². The van der Waals surface area contributed by atoms with E-state index < -0.39 is 6.09 Å². The van der Waals surface area contributed by atoms with E-state index in [1.807, 2.05) is 0 Å². The molecule has 0 bridgehead atoms. The van der Waals surface area contributed by atoms with E-state index in [0.29, 0.717) is 5.58 Å². The van der Waals surface area contributed by atoms with Gasteiger partial charge >= 0.3 is 6.09 Å². The van der Waals surface area contributed by atoms with Crippen molar-refractivity contribution in [1.82, 2.24) is 4.57 Å². The molecule has 0 aliphatic heterocycles. The van der Waals surface area contributed by atoms with Crippen LogP contribution in [-0.4, -0.2) is 15.8 Å². The molecular formula is C9H8N2O4. The van der Waals surface area contributed by atoms with E-state index >= 15 is 0 Å². The lowest BCUT2D eigenvalue weighted by Gasteiger charge is -1.98. The van der Waals surface area contributed by atoms with Crippen molar-refractivity contribution in [2.45, 2.75) is 0 Å². The first-order chi connectivity index (χ1) is 7.09. The second-order valence-corrected chi connectivity index (χ2v) is 3.05. The smallest absolute Gasteiger partial charge is 0.409 e. The highest BCUT2D eigenvalue weighted by Gasteiger charge is 2.12. The molecule has 0 saturated heterocycles. The summed E-state index contributed by atoms with van der Waals surface area (Å²) in [4.78, 5) is 22.1. The molecule has 0 radical (unpaired) electrons. The Balaban J connectivity index is 2.72. The van der Waals surface area contributed by atoms with E-state index in [4.69, 9.17) is 9.52 Å². The van der Waals surface area contributed by atoms with Crippen molar-refractivity contribution in [3.8, 4) is 0 Å². The second kappa shape index (κ2) is 3.16. The van der Waals surface area contributed by atoms with Crippen LogP contribution in [-0.2, 0) is 7.05 Å². The fourth-order valence-electron chi connectivity index (χ4n) is 1.35. The summed E-state index contributed by atoms with van der Waals surface area (Å²) in [5, 5.41) is 10.9. The Bertz CT molecular complexity index is 581. The molecule has 6 heteroatoms. The fourth-order valence-corrected chi connectivity index (χ4v) is 1.35. The average molecular weight is 208 g/mol. The van der Waals surface area contributed by atoms with Crippen LogP contribution in [0.4, 0.5) is 10.5 Å². The molecule has 2 rings (SSSR count). The maximum Gasteiger partial charge on any atom is 0.409 e. The van der Waals surface area contributed by atoms with E-state index in [0.717, 1.165) is 0 Å². The van der Waals surface area contributed by atoms with Gasteiger partial charge in [0.15, 0.2) is 0 Å². The Morgan fingerprint density at radius 2 is 2.33 bits per heavy atom. The predicted molar refractivity (Wildman–Crippen MR) is 53.1 cm³/mol. The number of furan rings is 1. The molecule has 0 fully saturated rings. The van der Waals surface area contributed by atoms with Gasteiger partial charge in [0.05, 0.1) is 5.69 Å². The quantitative estimate of drug-likeness (QED) is 0.737. The molecule has 0 unspecified atom stereocenters. The number of carboxylic acid groups (broad SMARTS) is 1. The molecule has 15 heavy (non-hydrogen) atoms. The van der Waals surface area contributed by atoms with Crippen molar-refractivity contribution in [2.75, 3.05) is 5.32 Å². The number of anilines is 1. The van der Waals surface area contributed by atoms with Crippen molar-refractivity contribution in [3.05, 3.63) is 28.9 Å². The zero-order valence-electron chi connectivity index (χ0n) is 7.85. The van der Waals surface area contributed by atoms with Crippen LogP contribution in [0.25, 0.3) is 11.0 Å². The van der Waals surface area contributed by atoms with Crippen LogP contribution >= 0.6 is 0 Å². The summed E-state index contributed by atoms with van der Waals surface area (Å²) in [5.41, 5.74) is 0.227. The monoisotopic (exact) mass is 208 g/mol. The largest absolute Gasteiger partial charge is 0.465 e. The molecular weight excluding hydrogens is 200 g/mol. The highest BCUT2D eigenvalue weighted by molar-refractivity contribution is 5.97. The van der Waals surface area contributed by atoms with Crippen molar-refractivity contribution >= 4 is 22.7 Å². The fraction of sp³-hybridized carbons (Fsp3) is 0.111. The third-order valence-electron chi connectivity index (χ3n) is 2.04. The molecule has 6 nitrogen and oxygen atoms in total. The molecule has 1 amide bonds. The predicted octanol–water partition coefficient (Wildman–Crippen LogP) is 1.22. The third kappa shape index (κ3) is 1.45. The minimum Gasteiger partial charge on any atom is -0.465 e. The molecule has 0 saturated carbocycles. The van der Waals surface area contributed by atoms with Crippen LogP contribution in [0, 0.1) is 0 Å². The molecule has 2 heterocycles. The number of nitrogens with one attached hydrogen (secondary N) is 1. The normalized spacial score (nSPS) is 10.5. The Morgan fingerprint density at radius 3 is 3.00 bits per heavy atom. The average Bonchev–Trinajstić information content (AvgIpc) is 2.55. The highest BCUT2D eigenvalue weighted by atomic mass is 16.4. The minimum atomic E-state index is -1.23. The zero-order chi connectivity index (χ0) is 11.0. The van der Waals surface area contributed by atoms with Gasteiger partial charge in [-0.15, -0.1) is 0 Å². The molecule has 0 aliphatic carbocycles. The maximum absolute atomic E-state index is 11.7. The Kier molecular flexibility index (Phi) is 1.96. The first-order valence-corrected chi connectivity index (χ1v) is 4.16. The lowest BCUT2D eigenvalue weighted by atomic mass is 10.3. The van der Waals surface area contributed by atoms with Gasteiger partial charge in [0.1, 0.15) is 17.2 Å². The van der Waals surface area contributed by atoms with Crippen molar-refractivity contribution in [2.24, 2.45) is 7.05 Å². The van der Waals surface area contributed by atoms with Crippen LogP contribution in [0.15, 0.2) is 27.7 Å². The number of rotatable bonds is 1. The van der Waals surface area contributed by atoms with Crippen LogP contribution in [0.2, 0.25) is 0 Å². The van der Waals surface area contributed by atoms with Gasteiger partial charge in [-0.3, -0.25) is 10.1 Å². The molecule has 2 aromatic rings. The Hall–Kier alpha value is -2.24. The molecule has 2 aromatic heterocycles. The zero-order valence-corrected chi connectivity index (χ0v) is 7.85. The van der Waals surface area contributed by atoms with Gasteiger partial charge in [-0.05, 0) is 6.07 Å². The van der Waals surface area contributed by atoms with E-state index in [9.17, 15) is 9.59 Å². The molecule has 78 valence electrons. The van der Waals surface area contributed by atoms with E-state index in [1.54, 1.807) is 19.3 Å². The van der Waals surface area contributed by atoms with Crippen molar-refractivity contribution < 1.29 is 14.3 Å². The highest BCUT2D eigenvalue weighted by Crippen LogP contribution is 2.21. The number of aromatic nitrogens is 1. The number of pyridine rings is 1. The third-order valence-corrected chi connectivity index (χ3v) is 2.04. The minimum absolute atomic E-state index is 0.165. The summed E-state index contributed by atoms with van der Waals surface area (Å²) >= 11 is 0. The number of hydrogen-bond donors (Lipinski definition) is 2. The second-order valence-electron chi connectivity index (χ2n) is 3.05. The van der Waals surface area contributed by atoms with E-state index in [-0.39, 0.29) is 16.6 Å². The lowest BCUT2D eigenvalue weighted by Crippen LogP contribution is -2.17. The molecule has 0 spiro atoms. The van der Waals surface area contributed by atoms with Gasteiger partial charge in [0, 0.05) is 13.2 Å². The number of nitrogens with zero attached hydrogens (tertiary/aromatic N) is 1. The Morgan fingerprint density at radius 1 is 1.60 bits per heavy atom. The molecule has 2 N–H and O–H groups in total. The maximum atomic E-state index is 11.7. The van der Waals surface area contributed by atoms with E-state index in [1.165, 1.54) is 10.8 Å². The topological polar surface area (TPSA) is 84.5 Å². The van der Waals surface area contributed by atoms with Gasteiger partial charge in [-0.2, -0.15) is 0 Å². The molecule has 0 atom stereocenters. The van der Waals surface area contributed by atoms with Gasteiger partial charge in [0.25, 0.3) is 5.56 Å². The van der Waals surface area contributed by atoms with Crippen LogP contribution in [0.3, 0.4) is 0 Å². The summed E-state index contributed by atoms with van der Waals surface area (Å²) in [6.45, 7) is 0. The number of carbonyl (C=O) groups is 1. The SMILES string of the molecule is Cn1ccc2occ(NC(=O)O)c2c1=O. The number of aryl methyl sites for hydroxylation is 1. The van der Waals surface area contributed by atoms with Gasteiger partial charge in [-0.1, -0.05) is 0 Å². The van der Waals surface area contributed by atoms with Crippen LogP contribution in [0.1, 0.15) is 0 Å². The Labute approximate surface area is 83.7 Å². The lowest BCUT2D eigenvalue weighted by molar-refractivity contribution is 0.209. The summed E-state index contributed by atoms with van der Waals surface area (Å²) < 4.78 is 6.40. The van der Waals surface area contributed by atoms with Crippen molar-refractivity contribution in [3.63, 3.8) is 0 Å². The van der Waals surface area contributed by atoms with Gasteiger partial charge in [-0.25, -0.2) is 4.79 Å². The van der Waals surface area contributed by atoms with Crippen LogP contribution in [0.5, 0.6) is 0 Å². The number of hydrogen-bond acceptors (Lipinski definition) is 3. The van der Waals surface area contributed by atoms with Crippen molar-refractivity contribution in [1.29, 1.82) is 0 Å². The summed E-state index contributed by atoms with van der Waals surface area (Å²) in [6, 6.07) is 1.60. The summed E-state index contributed by atoms with van der Waals surface area (Å²) in [5.74, 6) is 0. The number of fused-ring (bicyclic) bond motifs is 1. The first kappa shape index (κ1) is 9.32. The number of amides is 1. The van der Waals surface area contributed by atoms with Gasteiger partial charge < -0.3 is 14.1 Å². The van der Waals surface area contributed by atoms with E-state index in [2.05, 4.69) is 5.32 Å². The summed E-state index contributed by atoms with van der Waals surface area (Å²) in [6.07, 6.45) is 1.53.